The Kier molecular flexibility index (Phi) is 9.91. The van der Waals surface area contributed by atoms with Gasteiger partial charge in [-0.3, -0.25) is 0 Å². The zero-order valence-electron chi connectivity index (χ0n) is 18.1. The third-order valence-corrected chi connectivity index (χ3v) is 5.65. The van der Waals surface area contributed by atoms with Crippen molar-refractivity contribution >= 4 is 35.8 Å². The van der Waals surface area contributed by atoms with Crippen LogP contribution in [0.25, 0.3) is 0 Å². The molecule has 0 aliphatic carbocycles. The Balaban J connectivity index is 0.00000300. The van der Waals surface area contributed by atoms with Crippen LogP contribution in [0.1, 0.15) is 39.2 Å². The van der Waals surface area contributed by atoms with Crippen molar-refractivity contribution in [3.63, 3.8) is 0 Å². The van der Waals surface area contributed by atoms with Crippen molar-refractivity contribution in [2.24, 2.45) is 4.99 Å². The minimum atomic E-state index is -0.0821. The number of guanidine groups is 1. The third kappa shape index (κ3) is 7.25. The number of aliphatic imine (C=N–C) groups is 1. The molecule has 8 heteroatoms. The highest BCUT2D eigenvalue weighted by Crippen LogP contribution is 2.23. The lowest BCUT2D eigenvalue weighted by atomic mass is 10.0. The molecule has 2 saturated heterocycles. The number of rotatable bonds is 7. The molecular weight excluding hydrogens is 479 g/mol. The van der Waals surface area contributed by atoms with Gasteiger partial charge in [-0.15, -0.1) is 24.0 Å². The molecule has 29 heavy (non-hydrogen) atoms. The molecule has 2 N–H and O–H groups in total. The summed E-state index contributed by atoms with van der Waals surface area (Å²) < 4.78 is 5.85. The summed E-state index contributed by atoms with van der Waals surface area (Å²) in [6.45, 7) is 15.0. The number of aromatic nitrogens is 1. The van der Waals surface area contributed by atoms with Gasteiger partial charge >= 0.3 is 0 Å². The Morgan fingerprint density at radius 3 is 2.59 bits per heavy atom. The molecule has 0 amide bonds. The van der Waals surface area contributed by atoms with E-state index in [9.17, 15) is 0 Å². The molecule has 0 saturated carbocycles. The summed E-state index contributed by atoms with van der Waals surface area (Å²) >= 11 is 0. The van der Waals surface area contributed by atoms with Crippen molar-refractivity contribution in [2.75, 3.05) is 57.3 Å². The van der Waals surface area contributed by atoms with Crippen LogP contribution in [0.5, 0.6) is 0 Å². The predicted molar refractivity (Wildman–Crippen MR) is 130 cm³/mol. The lowest BCUT2D eigenvalue weighted by Crippen LogP contribution is -2.46. The summed E-state index contributed by atoms with van der Waals surface area (Å²) in [6, 6.07) is 4.27. The van der Waals surface area contributed by atoms with Gasteiger partial charge in [0, 0.05) is 52.1 Å². The van der Waals surface area contributed by atoms with Crippen molar-refractivity contribution in [2.45, 2.75) is 45.8 Å². The van der Waals surface area contributed by atoms with Crippen molar-refractivity contribution in [1.82, 2.24) is 20.5 Å². The maximum absolute atomic E-state index is 5.85. The number of pyridine rings is 1. The highest BCUT2D eigenvalue weighted by atomic mass is 127. The Labute approximate surface area is 192 Å². The zero-order valence-corrected chi connectivity index (χ0v) is 20.4. The van der Waals surface area contributed by atoms with Crippen molar-refractivity contribution < 1.29 is 4.74 Å². The van der Waals surface area contributed by atoms with E-state index in [1.54, 1.807) is 0 Å². The van der Waals surface area contributed by atoms with E-state index >= 15 is 0 Å². The summed E-state index contributed by atoms with van der Waals surface area (Å²) in [4.78, 5) is 14.2. The molecule has 0 radical (unpaired) electrons. The van der Waals surface area contributed by atoms with Crippen LogP contribution >= 0.6 is 24.0 Å². The van der Waals surface area contributed by atoms with Gasteiger partial charge in [0.2, 0.25) is 0 Å². The molecule has 1 unspecified atom stereocenters. The van der Waals surface area contributed by atoms with Gasteiger partial charge in [-0.2, -0.15) is 0 Å². The Morgan fingerprint density at radius 2 is 2.00 bits per heavy atom. The zero-order chi connectivity index (χ0) is 19.8. The molecule has 1 aromatic heterocycles. The summed E-state index contributed by atoms with van der Waals surface area (Å²) in [7, 11) is 0. The second kappa shape index (κ2) is 11.9. The van der Waals surface area contributed by atoms with E-state index in [1.165, 1.54) is 0 Å². The number of hydrogen-bond acceptors (Lipinski definition) is 5. The van der Waals surface area contributed by atoms with E-state index in [-0.39, 0.29) is 29.6 Å². The molecule has 3 heterocycles. The summed E-state index contributed by atoms with van der Waals surface area (Å²) in [5.74, 6) is 1.90. The fraction of sp³-hybridized carbons (Fsp3) is 0.714. The van der Waals surface area contributed by atoms with E-state index in [0.717, 1.165) is 82.6 Å². The first-order chi connectivity index (χ1) is 13.6. The number of piperazine rings is 1. The summed E-state index contributed by atoms with van der Waals surface area (Å²) in [5.41, 5.74) is 1.04. The van der Waals surface area contributed by atoms with E-state index < -0.39 is 0 Å². The molecule has 2 aliphatic heterocycles. The molecular formula is C21H37IN6O. The maximum Gasteiger partial charge on any atom is 0.191 e. The van der Waals surface area contributed by atoms with Crippen LogP contribution in [0.3, 0.4) is 0 Å². The van der Waals surface area contributed by atoms with E-state index in [0.29, 0.717) is 6.54 Å². The molecule has 0 spiro atoms. The van der Waals surface area contributed by atoms with Crippen LogP contribution in [0, 0.1) is 0 Å². The van der Waals surface area contributed by atoms with E-state index in [4.69, 9.17) is 9.73 Å². The lowest BCUT2D eigenvalue weighted by molar-refractivity contribution is 0.0243. The summed E-state index contributed by atoms with van der Waals surface area (Å²) in [6.07, 6.45) is 4.19. The van der Waals surface area contributed by atoms with Gasteiger partial charge in [-0.1, -0.05) is 13.0 Å². The monoisotopic (exact) mass is 516 g/mol. The first kappa shape index (κ1) is 24.1. The number of anilines is 1. The Hall–Kier alpha value is -1.13. The molecule has 0 aromatic carbocycles. The van der Waals surface area contributed by atoms with Crippen molar-refractivity contribution in [1.29, 1.82) is 0 Å². The Morgan fingerprint density at radius 1 is 1.21 bits per heavy atom. The average molecular weight is 516 g/mol. The predicted octanol–water partition coefficient (Wildman–Crippen LogP) is 2.47. The number of likely N-dealkylation sites (N-methyl/N-ethyl adjacent to an activating group) is 1. The minimum Gasteiger partial charge on any atom is -0.373 e. The maximum atomic E-state index is 5.85. The number of nitrogens with zero attached hydrogens (tertiary/aromatic N) is 4. The largest absolute Gasteiger partial charge is 0.373 e. The Bertz CT molecular complexity index is 625. The normalized spacial score (nSPS) is 23.0. The fourth-order valence-corrected chi connectivity index (χ4v) is 3.75. The quantitative estimate of drug-likeness (QED) is 0.330. The fourth-order valence-electron chi connectivity index (χ4n) is 3.75. The molecule has 0 bridgehead atoms. The van der Waals surface area contributed by atoms with Gasteiger partial charge in [0.25, 0.3) is 0 Å². The van der Waals surface area contributed by atoms with Gasteiger partial charge in [0.05, 0.1) is 12.1 Å². The minimum absolute atomic E-state index is 0. The first-order valence-corrected chi connectivity index (χ1v) is 10.7. The highest BCUT2D eigenvalue weighted by Gasteiger charge is 2.29. The second-order valence-electron chi connectivity index (χ2n) is 7.90. The highest BCUT2D eigenvalue weighted by molar-refractivity contribution is 14.0. The van der Waals surface area contributed by atoms with Gasteiger partial charge in [-0.25, -0.2) is 9.98 Å². The molecule has 2 fully saturated rings. The molecule has 1 atom stereocenters. The first-order valence-electron chi connectivity index (χ1n) is 10.7. The SMILES string of the molecule is CCNC(=NCc1ccc(N2CCN(CC)CC2)nc1)NCC1(C)CCCO1.I. The second-order valence-corrected chi connectivity index (χ2v) is 7.90. The standard InChI is InChI=1S/C21H36N6O.HI/c1-4-22-20(25-17-21(3)9-6-14-28-21)24-16-18-7-8-19(23-15-18)27-12-10-26(5-2)11-13-27;/h7-8,15H,4-6,9-14,16-17H2,1-3H3,(H2,22,24,25);1H. The van der Waals surface area contributed by atoms with Crippen LogP contribution in [0.2, 0.25) is 0 Å². The number of nitrogens with one attached hydrogen (secondary N) is 2. The van der Waals surface area contributed by atoms with Crippen LogP contribution in [-0.2, 0) is 11.3 Å². The third-order valence-electron chi connectivity index (χ3n) is 5.65. The molecule has 1 aromatic rings. The van der Waals surface area contributed by atoms with Crippen LogP contribution < -0.4 is 15.5 Å². The van der Waals surface area contributed by atoms with Crippen LogP contribution in [-0.4, -0.2) is 73.9 Å². The van der Waals surface area contributed by atoms with Crippen molar-refractivity contribution in [3.05, 3.63) is 23.9 Å². The topological polar surface area (TPSA) is 65.0 Å². The lowest BCUT2D eigenvalue weighted by Gasteiger charge is -2.34. The number of ether oxygens (including phenoxy) is 1. The van der Waals surface area contributed by atoms with Crippen LogP contribution in [0.15, 0.2) is 23.3 Å². The van der Waals surface area contributed by atoms with Gasteiger partial charge < -0.3 is 25.2 Å². The number of halogens is 1. The van der Waals surface area contributed by atoms with Crippen molar-refractivity contribution in [3.8, 4) is 0 Å². The van der Waals surface area contributed by atoms with Gasteiger partial charge in [0.15, 0.2) is 5.96 Å². The average Bonchev–Trinajstić information content (AvgIpc) is 3.17. The summed E-state index contributed by atoms with van der Waals surface area (Å²) in [5, 5.41) is 6.74. The molecule has 7 nitrogen and oxygen atoms in total. The van der Waals surface area contributed by atoms with E-state index in [1.807, 2.05) is 6.20 Å². The van der Waals surface area contributed by atoms with Gasteiger partial charge in [0.1, 0.15) is 5.82 Å². The molecule has 3 rings (SSSR count). The van der Waals surface area contributed by atoms with Crippen LogP contribution in [0.4, 0.5) is 5.82 Å². The molecule has 164 valence electrons. The number of hydrogen-bond donors (Lipinski definition) is 2. The van der Waals surface area contributed by atoms with E-state index in [2.05, 4.69) is 58.3 Å². The molecule has 2 aliphatic rings. The van der Waals surface area contributed by atoms with Gasteiger partial charge in [-0.05, 0) is 44.9 Å². The smallest absolute Gasteiger partial charge is 0.191 e.